The molecule has 0 bridgehead atoms. The van der Waals surface area contributed by atoms with Gasteiger partial charge in [0.15, 0.2) is 5.58 Å². The van der Waals surface area contributed by atoms with Gasteiger partial charge in [-0.05, 0) is 43.4 Å². The number of rotatable bonds is 5. The van der Waals surface area contributed by atoms with Crippen molar-refractivity contribution in [3.63, 3.8) is 0 Å². The van der Waals surface area contributed by atoms with Crippen molar-refractivity contribution in [2.24, 2.45) is 5.92 Å². The fourth-order valence-corrected chi connectivity index (χ4v) is 3.06. The molecule has 2 nitrogen and oxygen atoms in total. The first-order valence-corrected chi connectivity index (χ1v) is 7.93. The SMILES string of the molecule is CC(C)CNCc1oc2c(Cl)ccc(Cl)c2c1C1CC1. The molecule has 2 aromatic rings. The summed E-state index contributed by atoms with van der Waals surface area (Å²) in [6.07, 6.45) is 2.43. The quantitative estimate of drug-likeness (QED) is 0.803. The molecule has 1 aromatic heterocycles. The highest BCUT2D eigenvalue weighted by atomic mass is 35.5. The zero-order valence-electron chi connectivity index (χ0n) is 11.8. The van der Waals surface area contributed by atoms with Crippen molar-refractivity contribution in [3.05, 3.63) is 33.5 Å². The Bertz CT molecular complexity index is 629. The Morgan fingerprint density at radius 3 is 2.60 bits per heavy atom. The van der Waals surface area contributed by atoms with Gasteiger partial charge in [-0.3, -0.25) is 0 Å². The molecular weight excluding hydrogens is 293 g/mol. The monoisotopic (exact) mass is 311 g/mol. The van der Waals surface area contributed by atoms with E-state index in [0.717, 1.165) is 34.8 Å². The number of hydrogen-bond acceptors (Lipinski definition) is 2. The summed E-state index contributed by atoms with van der Waals surface area (Å²) in [5, 5.41) is 5.84. The number of nitrogens with one attached hydrogen (secondary N) is 1. The zero-order valence-corrected chi connectivity index (χ0v) is 13.3. The van der Waals surface area contributed by atoms with E-state index in [0.29, 0.717) is 16.9 Å². The Kier molecular flexibility index (Phi) is 3.98. The van der Waals surface area contributed by atoms with Crippen molar-refractivity contribution in [3.8, 4) is 0 Å². The summed E-state index contributed by atoms with van der Waals surface area (Å²) in [7, 11) is 0. The van der Waals surface area contributed by atoms with Gasteiger partial charge >= 0.3 is 0 Å². The van der Waals surface area contributed by atoms with E-state index >= 15 is 0 Å². The minimum Gasteiger partial charge on any atom is -0.458 e. The average Bonchev–Trinajstić information content (AvgIpc) is 3.15. The maximum absolute atomic E-state index is 6.36. The van der Waals surface area contributed by atoms with E-state index < -0.39 is 0 Å². The molecule has 1 aliphatic carbocycles. The third kappa shape index (κ3) is 2.69. The molecule has 1 aliphatic rings. The van der Waals surface area contributed by atoms with Crippen LogP contribution in [0.5, 0.6) is 0 Å². The van der Waals surface area contributed by atoms with Gasteiger partial charge in [0.05, 0.1) is 16.6 Å². The van der Waals surface area contributed by atoms with Crippen molar-refractivity contribution < 1.29 is 4.42 Å². The van der Waals surface area contributed by atoms with Crippen LogP contribution >= 0.6 is 23.2 Å². The second kappa shape index (κ2) is 5.59. The number of halogens is 2. The molecule has 20 heavy (non-hydrogen) atoms. The van der Waals surface area contributed by atoms with Crippen LogP contribution in [-0.2, 0) is 6.54 Å². The van der Waals surface area contributed by atoms with Gasteiger partial charge in [-0.2, -0.15) is 0 Å². The fourth-order valence-electron chi connectivity index (χ4n) is 2.61. The molecule has 0 saturated heterocycles. The lowest BCUT2D eigenvalue weighted by atomic mass is 10.1. The minimum absolute atomic E-state index is 0.586. The molecule has 0 unspecified atom stereocenters. The smallest absolute Gasteiger partial charge is 0.154 e. The molecular formula is C16H19Cl2NO. The van der Waals surface area contributed by atoms with Gasteiger partial charge in [-0.1, -0.05) is 37.0 Å². The van der Waals surface area contributed by atoms with Crippen LogP contribution in [0.3, 0.4) is 0 Å². The predicted octanol–water partition coefficient (Wildman–Crippen LogP) is 5.36. The molecule has 0 radical (unpaired) electrons. The van der Waals surface area contributed by atoms with Crippen LogP contribution in [0.4, 0.5) is 0 Å². The number of benzene rings is 1. The molecule has 0 atom stereocenters. The van der Waals surface area contributed by atoms with E-state index in [9.17, 15) is 0 Å². The first-order chi connectivity index (χ1) is 9.58. The van der Waals surface area contributed by atoms with Crippen LogP contribution < -0.4 is 5.32 Å². The molecule has 108 valence electrons. The van der Waals surface area contributed by atoms with E-state index in [1.807, 2.05) is 6.07 Å². The highest BCUT2D eigenvalue weighted by molar-refractivity contribution is 6.40. The summed E-state index contributed by atoms with van der Waals surface area (Å²) < 4.78 is 6.02. The van der Waals surface area contributed by atoms with Crippen LogP contribution in [-0.4, -0.2) is 6.54 Å². The van der Waals surface area contributed by atoms with Gasteiger partial charge in [-0.15, -0.1) is 0 Å². The van der Waals surface area contributed by atoms with Crippen molar-refractivity contribution >= 4 is 34.2 Å². The Labute approximate surface area is 129 Å². The van der Waals surface area contributed by atoms with E-state index in [4.69, 9.17) is 27.6 Å². The van der Waals surface area contributed by atoms with Crippen LogP contribution in [0.1, 0.15) is 43.9 Å². The van der Waals surface area contributed by atoms with E-state index in [1.54, 1.807) is 6.07 Å². The van der Waals surface area contributed by atoms with Crippen LogP contribution in [0.25, 0.3) is 11.0 Å². The van der Waals surface area contributed by atoms with E-state index in [-0.39, 0.29) is 0 Å². The lowest BCUT2D eigenvalue weighted by molar-refractivity contribution is 0.481. The van der Waals surface area contributed by atoms with Gasteiger partial charge in [-0.25, -0.2) is 0 Å². The third-order valence-corrected chi connectivity index (χ3v) is 4.29. The molecule has 3 rings (SSSR count). The molecule has 4 heteroatoms. The second-order valence-electron chi connectivity index (χ2n) is 5.97. The molecule has 1 aromatic carbocycles. The second-order valence-corrected chi connectivity index (χ2v) is 6.79. The summed E-state index contributed by atoms with van der Waals surface area (Å²) >= 11 is 12.6. The van der Waals surface area contributed by atoms with Crippen molar-refractivity contribution in [2.45, 2.75) is 39.2 Å². The highest BCUT2D eigenvalue weighted by Crippen LogP contribution is 2.49. The Morgan fingerprint density at radius 1 is 1.25 bits per heavy atom. The largest absolute Gasteiger partial charge is 0.458 e. The zero-order chi connectivity index (χ0) is 14.3. The maximum Gasteiger partial charge on any atom is 0.154 e. The summed E-state index contributed by atoms with van der Waals surface area (Å²) in [4.78, 5) is 0. The van der Waals surface area contributed by atoms with Gasteiger partial charge < -0.3 is 9.73 Å². The number of furan rings is 1. The number of hydrogen-bond donors (Lipinski definition) is 1. The van der Waals surface area contributed by atoms with Crippen LogP contribution in [0, 0.1) is 5.92 Å². The van der Waals surface area contributed by atoms with Crippen molar-refractivity contribution in [1.29, 1.82) is 0 Å². The molecule has 1 saturated carbocycles. The Morgan fingerprint density at radius 2 is 1.95 bits per heavy atom. The first-order valence-electron chi connectivity index (χ1n) is 7.18. The molecule has 1 N–H and O–H groups in total. The highest BCUT2D eigenvalue weighted by Gasteiger charge is 2.32. The summed E-state index contributed by atoms with van der Waals surface area (Å²) in [5.41, 5.74) is 2.01. The van der Waals surface area contributed by atoms with Gasteiger partial charge in [0.25, 0.3) is 0 Å². The van der Waals surface area contributed by atoms with E-state index in [1.165, 1.54) is 18.4 Å². The lowest BCUT2D eigenvalue weighted by Gasteiger charge is -2.07. The molecule has 0 spiro atoms. The van der Waals surface area contributed by atoms with Crippen molar-refractivity contribution in [1.82, 2.24) is 5.32 Å². The fraction of sp³-hybridized carbons (Fsp3) is 0.500. The topological polar surface area (TPSA) is 25.2 Å². The van der Waals surface area contributed by atoms with Gasteiger partial charge in [0, 0.05) is 10.9 Å². The van der Waals surface area contributed by atoms with Crippen LogP contribution in [0.2, 0.25) is 10.0 Å². The summed E-state index contributed by atoms with van der Waals surface area (Å²) in [6.45, 7) is 6.11. The third-order valence-electron chi connectivity index (χ3n) is 3.68. The Balaban J connectivity index is 2.00. The average molecular weight is 312 g/mol. The maximum atomic E-state index is 6.36. The van der Waals surface area contributed by atoms with Gasteiger partial charge in [0.1, 0.15) is 5.76 Å². The summed E-state index contributed by atoms with van der Waals surface area (Å²) in [5.74, 6) is 2.21. The lowest BCUT2D eigenvalue weighted by Crippen LogP contribution is -2.19. The van der Waals surface area contributed by atoms with Gasteiger partial charge in [0.2, 0.25) is 0 Å². The summed E-state index contributed by atoms with van der Waals surface area (Å²) in [6, 6.07) is 3.66. The number of fused-ring (bicyclic) bond motifs is 1. The first kappa shape index (κ1) is 14.2. The Hall–Kier alpha value is -0.700. The molecule has 0 amide bonds. The molecule has 1 heterocycles. The predicted molar refractivity (Wildman–Crippen MR) is 84.8 cm³/mol. The molecule has 1 fully saturated rings. The minimum atomic E-state index is 0.586. The van der Waals surface area contributed by atoms with Crippen molar-refractivity contribution in [2.75, 3.05) is 6.54 Å². The van der Waals surface area contributed by atoms with Crippen LogP contribution in [0.15, 0.2) is 16.5 Å². The standard InChI is InChI=1S/C16H19Cl2NO/c1-9(2)7-19-8-13-14(10-3-4-10)15-11(17)5-6-12(18)16(15)20-13/h5-6,9-10,19H,3-4,7-8H2,1-2H3. The van der Waals surface area contributed by atoms with E-state index in [2.05, 4.69) is 19.2 Å². The normalized spacial score (nSPS) is 15.4. The molecule has 0 aliphatic heterocycles.